The maximum Gasteiger partial charge on any atom is 0.227 e. The van der Waals surface area contributed by atoms with Crippen LogP contribution in [0.2, 0.25) is 0 Å². The summed E-state index contributed by atoms with van der Waals surface area (Å²) in [4.78, 5) is 11.6. The van der Waals surface area contributed by atoms with Crippen LogP contribution in [0.3, 0.4) is 0 Å². The normalized spacial score (nSPS) is 10.3. The van der Waals surface area contributed by atoms with Gasteiger partial charge in [0, 0.05) is 30.9 Å². The number of anilines is 1. The van der Waals surface area contributed by atoms with E-state index in [2.05, 4.69) is 20.6 Å². The molecule has 0 saturated heterocycles. The number of nitrogens with one attached hydrogen (secondary N) is 2. The molecule has 0 atom stereocenters. The monoisotopic (exact) mass is 219 g/mol. The van der Waals surface area contributed by atoms with E-state index < -0.39 is 0 Å². The number of aryl methyl sites for hydroxylation is 2. The van der Waals surface area contributed by atoms with E-state index in [1.54, 1.807) is 17.1 Å². The van der Waals surface area contributed by atoms with E-state index in [0.29, 0.717) is 18.8 Å². The Morgan fingerprint density at radius 2 is 2.50 bits per heavy atom. The molecule has 0 bridgehead atoms. The van der Waals surface area contributed by atoms with Crippen molar-refractivity contribution >= 4 is 11.7 Å². The van der Waals surface area contributed by atoms with Crippen LogP contribution in [0.5, 0.6) is 0 Å². The summed E-state index contributed by atoms with van der Waals surface area (Å²) >= 11 is 0. The highest BCUT2D eigenvalue weighted by Gasteiger charge is 2.06. The van der Waals surface area contributed by atoms with Crippen molar-refractivity contribution in [3.63, 3.8) is 0 Å². The van der Waals surface area contributed by atoms with E-state index in [-0.39, 0.29) is 5.91 Å². The molecule has 84 valence electrons. The molecule has 16 heavy (non-hydrogen) atoms. The highest BCUT2D eigenvalue weighted by molar-refractivity contribution is 5.90. The number of aromatic amines is 1. The molecule has 0 aliphatic rings. The molecular weight excluding hydrogens is 206 g/mol. The SMILES string of the molecule is Cc1cn[nH]c1NC(=O)CCn1cccn1. The van der Waals surface area contributed by atoms with Crippen molar-refractivity contribution in [1.29, 1.82) is 0 Å². The van der Waals surface area contributed by atoms with Crippen molar-refractivity contribution < 1.29 is 4.79 Å². The molecule has 0 spiro atoms. The number of amides is 1. The van der Waals surface area contributed by atoms with Gasteiger partial charge in [0.05, 0.1) is 6.20 Å². The molecule has 0 unspecified atom stereocenters. The third-order valence-corrected chi connectivity index (χ3v) is 2.22. The second kappa shape index (κ2) is 4.61. The number of hydrogen-bond donors (Lipinski definition) is 2. The Bertz CT molecular complexity index is 459. The van der Waals surface area contributed by atoms with Gasteiger partial charge in [-0.3, -0.25) is 14.6 Å². The van der Waals surface area contributed by atoms with E-state index in [1.807, 2.05) is 19.2 Å². The van der Waals surface area contributed by atoms with Gasteiger partial charge in [-0.15, -0.1) is 0 Å². The van der Waals surface area contributed by atoms with Crippen LogP contribution in [0.15, 0.2) is 24.7 Å². The van der Waals surface area contributed by atoms with Gasteiger partial charge in [-0.2, -0.15) is 10.2 Å². The number of carbonyl (C=O) groups excluding carboxylic acids is 1. The predicted molar refractivity (Wildman–Crippen MR) is 58.8 cm³/mol. The summed E-state index contributed by atoms with van der Waals surface area (Å²) in [6.07, 6.45) is 5.58. The van der Waals surface area contributed by atoms with Gasteiger partial charge < -0.3 is 5.32 Å². The summed E-state index contributed by atoms with van der Waals surface area (Å²) in [5.41, 5.74) is 0.924. The fourth-order valence-electron chi connectivity index (χ4n) is 1.32. The van der Waals surface area contributed by atoms with Crippen LogP contribution in [0, 0.1) is 6.92 Å². The summed E-state index contributed by atoms with van der Waals surface area (Å²) in [5, 5.41) is 13.3. The van der Waals surface area contributed by atoms with E-state index in [9.17, 15) is 4.79 Å². The smallest absolute Gasteiger partial charge is 0.227 e. The van der Waals surface area contributed by atoms with Gasteiger partial charge in [0.25, 0.3) is 0 Å². The first kappa shape index (κ1) is 10.4. The Morgan fingerprint density at radius 1 is 1.62 bits per heavy atom. The second-order valence-corrected chi connectivity index (χ2v) is 3.50. The number of carbonyl (C=O) groups is 1. The molecule has 2 heterocycles. The summed E-state index contributed by atoms with van der Waals surface area (Å²) in [6.45, 7) is 2.46. The molecule has 0 fully saturated rings. The molecule has 0 aromatic carbocycles. The zero-order chi connectivity index (χ0) is 11.4. The Morgan fingerprint density at radius 3 is 3.12 bits per heavy atom. The second-order valence-electron chi connectivity index (χ2n) is 3.50. The van der Waals surface area contributed by atoms with Gasteiger partial charge in [0.2, 0.25) is 5.91 Å². The van der Waals surface area contributed by atoms with Gasteiger partial charge in [-0.25, -0.2) is 0 Å². The molecule has 2 aromatic heterocycles. The molecule has 0 aliphatic carbocycles. The first-order valence-electron chi connectivity index (χ1n) is 5.03. The molecule has 0 aliphatic heterocycles. The summed E-state index contributed by atoms with van der Waals surface area (Å²) in [7, 11) is 0. The minimum atomic E-state index is -0.0529. The number of hydrogen-bond acceptors (Lipinski definition) is 3. The van der Waals surface area contributed by atoms with Crippen molar-refractivity contribution in [3.05, 3.63) is 30.2 Å². The van der Waals surface area contributed by atoms with Gasteiger partial charge in [0.1, 0.15) is 5.82 Å². The highest BCUT2D eigenvalue weighted by Crippen LogP contribution is 2.08. The predicted octanol–water partition coefficient (Wildman–Crippen LogP) is 0.943. The van der Waals surface area contributed by atoms with Crippen molar-refractivity contribution in [2.45, 2.75) is 19.9 Å². The Kier molecular flexibility index (Phi) is 3.00. The third-order valence-electron chi connectivity index (χ3n) is 2.22. The molecule has 6 heteroatoms. The molecule has 2 rings (SSSR count). The molecule has 0 radical (unpaired) electrons. The standard InChI is InChI=1S/C10H13N5O/c1-8-7-11-14-10(8)13-9(16)3-6-15-5-2-4-12-15/h2,4-5,7H,3,6H2,1H3,(H2,11,13,14,16). The summed E-state index contributed by atoms with van der Waals surface area (Å²) in [5.74, 6) is 0.605. The summed E-state index contributed by atoms with van der Waals surface area (Å²) in [6, 6.07) is 1.83. The molecule has 6 nitrogen and oxygen atoms in total. The van der Waals surface area contributed by atoms with E-state index in [0.717, 1.165) is 5.56 Å². The van der Waals surface area contributed by atoms with Crippen LogP contribution in [0.25, 0.3) is 0 Å². The lowest BCUT2D eigenvalue weighted by atomic mass is 10.3. The maximum atomic E-state index is 11.6. The van der Waals surface area contributed by atoms with Crippen molar-refractivity contribution in [1.82, 2.24) is 20.0 Å². The Balaban J connectivity index is 1.83. The topological polar surface area (TPSA) is 75.6 Å². The lowest BCUT2D eigenvalue weighted by Crippen LogP contribution is -2.15. The number of H-pyrrole nitrogens is 1. The molecule has 2 aromatic rings. The molecule has 2 N–H and O–H groups in total. The maximum absolute atomic E-state index is 11.6. The van der Waals surface area contributed by atoms with Crippen molar-refractivity contribution in [2.75, 3.05) is 5.32 Å². The number of aromatic nitrogens is 4. The summed E-state index contributed by atoms with van der Waals surface area (Å²) < 4.78 is 1.72. The lowest BCUT2D eigenvalue weighted by molar-refractivity contribution is -0.116. The molecule has 0 saturated carbocycles. The van der Waals surface area contributed by atoms with E-state index in [4.69, 9.17) is 0 Å². The molecular formula is C10H13N5O. The number of nitrogens with zero attached hydrogens (tertiary/aromatic N) is 3. The van der Waals surface area contributed by atoms with Crippen LogP contribution in [0.1, 0.15) is 12.0 Å². The Hall–Kier alpha value is -2.11. The van der Waals surface area contributed by atoms with Crippen LogP contribution in [0.4, 0.5) is 5.82 Å². The van der Waals surface area contributed by atoms with Crippen LogP contribution in [-0.4, -0.2) is 25.9 Å². The first-order chi connectivity index (χ1) is 7.75. The van der Waals surface area contributed by atoms with Gasteiger partial charge in [-0.1, -0.05) is 0 Å². The third kappa shape index (κ3) is 2.47. The largest absolute Gasteiger partial charge is 0.311 e. The fraction of sp³-hybridized carbons (Fsp3) is 0.300. The van der Waals surface area contributed by atoms with E-state index >= 15 is 0 Å². The lowest BCUT2D eigenvalue weighted by Gasteiger charge is -2.03. The average Bonchev–Trinajstić information content (AvgIpc) is 2.88. The van der Waals surface area contributed by atoms with E-state index in [1.165, 1.54) is 0 Å². The quantitative estimate of drug-likeness (QED) is 0.803. The van der Waals surface area contributed by atoms with Crippen LogP contribution >= 0.6 is 0 Å². The highest BCUT2D eigenvalue weighted by atomic mass is 16.1. The van der Waals surface area contributed by atoms with Gasteiger partial charge in [-0.05, 0) is 13.0 Å². The van der Waals surface area contributed by atoms with Gasteiger partial charge in [0.15, 0.2) is 0 Å². The zero-order valence-electron chi connectivity index (χ0n) is 8.97. The van der Waals surface area contributed by atoms with Crippen molar-refractivity contribution in [3.8, 4) is 0 Å². The van der Waals surface area contributed by atoms with Crippen molar-refractivity contribution in [2.24, 2.45) is 0 Å². The minimum Gasteiger partial charge on any atom is -0.311 e. The zero-order valence-corrected chi connectivity index (χ0v) is 8.97. The van der Waals surface area contributed by atoms with Crippen LogP contribution in [-0.2, 0) is 11.3 Å². The average molecular weight is 219 g/mol. The van der Waals surface area contributed by atoms with Crippen LogP contribution < -0.4 is 5.32 Å². The minimum absolute atomic E-state index is 0.0529. The first-order valence-corrected chi connectivity index (χ1v) is 5.03. The fourth-order valence-corrected chi connectivity index (χ4v) is 1.32. The Labute approximate surface area is 92.7 Å². The number of rotatable bonds is 4. The van der Waals surface area contributed by atoms with Gasteiger partial charge >= 0.3 is 0 Å². The molecule has 1 amide bonds.